The van der Waals surface area contributed by atoms with Crippen molar-refractivity contribution in [3.8, 4) is 0 Å². The van der Waals surface area contributed by atoms with Gasteiger partial charge >= 0.3 is 0 Å². The zero-order valence-corrected chi connectivity index (χ0v) is 8.57. The molecular weight excluding hydrogens is 184 g/mol. The minimum absolute atomic E-state index is 0.106. The fourth-order valence-corrected chi connectivity index (χ4v) is 3.16. The third kappa shape index (κ3) is 1.92. The van der Waals surface area contributed by atoms with E-state index in [0.717, 1.165) is 19.3 Å². The van der Waals surface area contributed by atoms with E-state index in [4.69, 9.17) is 5.73 Å². The quantitative estimate of drug-likeness (QED) is 0.749. The first kappa shape index (κ1) is 10.3. The van der Waals surface area contributed by atoms with Gasteiger partial charge in [0.05, 0.1) is 0 Å². The minimum atomic E-state index is -2.36. The largest absolute Gasteiger partial charge is 0.330 e. The first-order valence-corrected chi connectivity index (χ1v) is 5.63. The van der Waals surface area contributed by atoms with Crippen LogP contribution in [0, 0.1) is 11.3 Å². The van der Waals surface area contributed by atoms with E-state index in [1.54, 1.807) is 0 Å². The molecule has 0 amide bonds. The molecule has 0 aromatic heterocycles. The first-order valence-electron chi connectivity index (χ1n) is 5.63. The lowest BCUT2D eigenvalue weighted by Gasteiger charge is -2.40. The second-order valence-electron chi connectivity index (χ2n) is 5.25. The molecule has 2 N–H and O–H groups in total. The summed E-state index contributed by atoms with van der Waals surface area (Å²) >= 11 is 0. The van der Waals surface area contributed by atoms with Crippen molar-refractivity contribution in [3.63, 3.8) is 0 Å². The molecular formula is C11H19F2N. The fourth-order valence-electron chi connectivity index (χ4n) is 3.16. The SMILES string of the molecule is NCC1(CC2CC(F)(F)C2)CCCC1. The number of halogens is 2. The molecule has 2 aliphatic rings. The lowest BCUT2D eigenvalue weighted by Crippen LogP contribution is -2.40. The number of rotatable bonds is 3. The second kappa shape index (κ2) is 3.44. The molecule has 2 fully saturated rings. The van der Waals surface area contributed by atoms with Gasteiger partial charge in [-0.1, -0.05) is 12.8 Å². The van der Waals surface area contributed by atoms with Crippen molar-refractivity contribution < 1.29 is 8.78 Å². The lowest BCUT2D eigenvalue weighted by atomic mass is 9.69. The molecule has 0 bridgehead atoms. The highest BCUT2D eigenvalue weighted by molar-refractivity contribution is 4.94. The van der Waals surface area contributed by atoms with Gasteiger partial charge in [-0.2, -0.15) is 0 Å². The van der Waals surface area contributed by atoms with Crippen LogP contribution in [-0.2, 0) is 0 Å². The molecule has 14 heavy (non-hydrogen) atoms. The summed E-state index contributed by atoms with van der Waals surface area (Å²) in [6, 6.07) is 0. The molecule has 0 aromatic rings. The first-order chi connectivity index (χ1) is 6.55. The lowest BCUT2D eigenvalue weighted by molar-refractivity contribution is -0.120. The molecule has 0 aliphatic heterocycles. The molecule has 0 aromatic carbocycles. The van der Waals surface area contributed by atoms with E-state index < -0.39 is 5.92 Å². The van der Waals surface area contributed by atoms with Gasteiger partial charge in [0.15, 0.2) is 0 Å². The predicted molar refractivity (Wildman–Crippen MR) is 52.2 cm³/mol. The normalized spacial score (nSPS) is 30.2. The van der Waals surface area contributed by atoms with E-state index >= 15 is 0 Å². The van der Waals surface area contributed by atoms with E-state index in [9.17, 15) is 8.78 Å². The molecule has 2 saturated carbocycles. The maximum absolute atomic E-state index is 12.7. The van der Waals surface area contributed by atoms with Crippen molar-refractivity contribution in [3.05, 3.63) is 0 Å². The molecule has 0 atom stereocenters. The van der Waals surface area contributed by atoms with Crippen molar-refractivity contribution in [2.75, 3.05) is 6.54 Å². The average molecular weight is 203 g/mol. The van der Waals surface area contributed by atoms with Crippen molar-refractivity contribution in [2.24, 2.45) is 17.1 Å². The topological polar surface area (TPSA) is 26.0 Å². The standard InChI is InChI=1S/C11H19F2N/c12-11(13)6-9(7-11)5-10(8-14)3-1-2-4-10/h9H,1-8,14H2. The van der Waals surface area contributed by atoms with Gasteiger partial charge in [-0.3, -0.25) is 0 Å². The van der Waals surface area contributed by atoms with Crippen molar-refractivity contribution >= 4 is 0 Å². The Morgan fingerprint density at radius 3 is 2.14 bits per heavy atom. The molecule has 0 spiro atoms. The van der Waals surface area contributed by atoms with Gasteiger partial charge in [-0.05, 0) is 37.1 Å². The van der Waals surface area contributed by atoms with Crippen LogP contribution in [0.15, 0.2) is 0 Å². The van der Waals surface area contributed by atoms with Gasteiger partial charge in [0.25, 0.3) is 0 Å². The Morgan fingerprint density at radius 2 is 1.71 bits per heavy atom. The fraction of sp³-hybridized carbons (Fsp3) is 1.00. The maximum Gasteiger partial charge on any atom is 0.248 e. The van der Waals surface area contributed by atoms with Crippen molar-refractivity contribution in [1.82, 2.24) is 0 Å². The summed E-state index contributed by atoms with van der Waals surface area (Å²) in [4.78, 5) is 0. The number of nitrogens with two attached hydrogens (primary N) is 1. The molecule has 0 saturated heterocycles. The van der Waals surface area contributed by atoms with E-state index in [-0.39, 0.29) is 24.2 Å². The molecule has 1 nitrogen and oxygen atoms in total. The van der Waals surface area contributed by atoms with Crippen LogP contribution in [0.1, 0.15) is 44.9 Å². The third-order valence-corrected chi connectivity index (χ3v) is 3.99. The summed E-state index contributed by atoms with van der Waals surface area (Å²) in [5.41, 5.74) is 6.00. The van der Waals surface area contributed by atoms with Crippen LogP contribution in [0.5, 0.6) is 0 Å². The maximum atomic E-state index is 12.7. The highest BCUT2D eigenvalue weighted by atomic mass is 19.3. The van der Waals surface area contributed by atoms with Crippen LogP contribution in [0.25, 0.3) is 0 Å². The van der Waals surface area contributed by atoms with Crippen LogP contribution in [0.3, 0.4) is 0 Å². The van der Waals surface area contributed by atoms with Gasteiger partial charge in [-0.15, -0.1) is 0 Å². The van der Waals surface area contributed by atoms with E-state index in [1.165, 1.54) is 12.8 Å². The predicted octanol–water partition coefficient (Wildman–Crippen LogP) is 2.94. The molecule has 2 rings (SSSR count). The van der Waals surface area contributed by atoms with Gasteiger partial charge in [0.1, 0.15) is 0 Å². The monoisotopic (exact) mass is 203 g/mol. The van der Waals surface area contributed by atoms with Crippen LogP contribution in [0.4, 0.5) is 8.78 Å². The summed E-state index contributed by atoms with van der Waals surface area (Å²) in [5.74, 6) is -2.12. The minimum Gasteiger partial charge on any atom is -0.330 e. The summed E-state index contributed by atoms with van der Waals surface area (Å²) < 4.78 is 25.3. The third-order valence-electron chi connectivity index (χ3n) is 3.99. The summed E-state index contributed by atoms with van der Waals surface area (Å²) in [6.07, 6.45) is 5.94. The number of hydrogen-bond donors (Lipinski definition) is 1. The van der Waals surface area contributed by atoms with Gasteiger partial charge < -0.3 is 5.73 Å². The number of hydrogen-bond acceptors (Lipinski definition) is 1. The Morgan fingerprint density at radius 1 is 1.14 bits per heavy atom. The zero-order chi connectivity index (χ0) is 10.2. The second-order valence-corrected chi connectivity index (χ2v) is 5.25. The van der Waals surface area contributed by atoms with E-state index in [0.29, 0.717) is 6.54 Å². The van der Waals surface area contributed by atoms with Crippen molar-refractivity contribution in [2.45, 2.75) is 50.9 Å². The average Bonchev–Trinajstić information content (AvgIpc) is 2.51. The highest BCUT2D eigenvalue weighted by Crippen LogP contribution is 2.51. The molecule has 0 unspecified atom stereocenters. The van der Waals surface area contributed by atoms with E-state index in [1.807, 2.05) is 0 Å². The molecule has 82 valence electrons. The number of alkyl halides is 2. The molecule has 2 aliphatic carbocycles. The highest BCUT2D eigenvalue weighted by Gasteiger charge is 2.48. The zero-order valence-electron chi connectivity index (χ0n) is 8.57. The Bertz CT molecular complexity index is 201. The molecule has 3 heteroatoms. The summed E-state index contributed by atoms with van der Waals surface area (Å²) in [5, 5.41) is 0. The molecule has 0 heterocycles. The Kier molecular flexibility index (Phi) is 2.54. The smallest absolute Gasteiger partial charge is 0.248 e. The van der Waals surface area contributed by atoms with Gasteiger partial charge in [0, 0.05) is 12.8 Å². The van der Waals surface area contributed by atoms with Crippen LogP contribution in [0.2, 0.25) is 0 Å². The Hall–Kier alpha value is -0.180. The van der Waals surface area contributed by atoms with E-state index in [2.05, 4.69) is 0 Å². The Labute approximate surface area is 84.0 Å². The molecule has 0 radical (unpaired) electrons. The van der Waals surface area contributed by atoms with Crippen molar-refractivity contribution in [1.29, 1.82) is 0 Å². The summed E-state index contributed by atoms with van der Waals surface area (Å²) in [6.45, 7) is 0.690. The Balaban J connectivity index is 1.84. The summed E-state index contributed by atoms with van der Waals surface area (Å²) in [7, 11) is 0. The van der Waals surface area contributed by atoms with Gasteiger partial charge in [0.2, 0.25) is 5.92 Å². The van der Waals surface area contributed by atoms with Crippen LogP contribution >= 0.6 is 0 Å². The van der Waals surface area contributed by atoms with Gasteiger partial charge in [-0.25, -0.2) is 8.78 Å². The van der Waals surface area contributed by atoms with Crippen LogP contribution in [-0.4, -0.2) is 12.5 Å². The van der Waals surface area contributed by atoms with Crippen LogP contribution < -0.4 is 5.73 Å².